The number of rotatable bonds is 5. The molecule has 1 saturated heterocycles. The smallest absolute Gasteiger partial charge is 0.228 e. The summed E-state index contributed by atoms with van der Waals surface area (Å²) in [7, 11) is 2.14. The molecule has 6 nitrogen and oxygen atoms in total. The molecule has 1 aliphatic heterocycles. The normalized spacial score (nSPS) is 15.5. The lowest BCUT2D eigenvalue weighted by Crippen LogP contribution is -2.45. The Bertz CT molecular complexity index is 877. The summed E-state index contributed by atoms with van der Waals surface area (Å²) >= 11 is 7.88. The number of nitrogens with zero attached hydrogens (tertiary/aromatic N) is 5. The van der Waals surface area contributed by atoms with Crippen molar-refractivity contribution < 1.29 is 0 Å². The number of piperazine rings is 1. The van der Waals surface area contributed by atoms with Crippen molar-refractivity contribution in [1.82, 2.24) is 19.9 Å². The Balaban J connectivity index is 1.61. The lowest BCUT2D eigenvalue weighted by atomic mass is 10.2. The fraction of sp³-hybridized carbons (Fsp3) is 0.389. The van der Waals surface area contributed by atoms with Crippen LogP contribution in [0.1, 0.15) is 4.88 Å². The van der Waals surface area contributed by atoms with Crippen molar-refractivity contribution in [2.24, 2.45) is 0 Å². The van der Waals surface area contributed by atoms with Crippen molar-refractivity contribution in [2.45, 2.75) is 6.42 Å². The van der Waals surface area contributed by atoms with Gasteiger partial charge >= 0.3 is 0 Å². The van der Waals surface area contributed by atoms with Gasteiger partial charge in [0.25, 0.3) is 0 Å². The molecule has 4 heterocycles. The van der Waals surface area contributed by atoms with Gasteiger partial charge in [-0.15, -0.1) is 11.3 Å². The first-order chi connectivity index (χ1) is 12.7. The molecule has 8 heteroatoms. The number of thiophene rings is 1. The number of likely N-dealkylation sites (N-methyl/N-ethyl adjacent to an activating group) is 1. The van der Waals surface area contributed by atoms with Crippen LogP contribution in [-0.4, -0.2) is 59.6 Å². The van der Waals surface area contributed by atoms with E-state index in [-0.39, 0.29) is 0 Å². The van der Waals surface area contributed by atoms with Crippen LogP contribution in [0.2, 0.25) is 5.15 Å². The van der Waals surface area contributed by atoms with E-state index >= 15 is 0 Å². The van der Waals surface area contributed by atoms with Gasteiger partial charge in [0.15, 0.2) is 0 Å². The highest BCUT2D eigenvalue weighted by Crippen LogP contribution is 2.26. The number of anilines is 2. The maximum atomic E-state index is 6.10. The quantitative estimate of drug-likeness (QED) is 0.677. The summed E-state index contributed by atoms with van der Waals surface area (Å²) in [5.41, 5.74) is 0.817. The van der Waals surface area contributed by atoms with Gasteiger partial charge in [-0.3, -0.25) is 0 Å². The molecule has 0 amide bonds. The van der Waals surface area contributed by atoms with Crippen molar-refractivity contribution >= 4 is 45.6 Å². The molecule has 1 fully saturated rings. The summed E-state index contributed by atoms with van der Waals surface area (Å²) < 4.78 is 0. The Morgan fingerprint density at radius 1 is 1.23 bits per heavy atom. The van der Waals surface area contributed by atoms with Gasteiger partial charge < -0.3 is 15.1 Å². The fourth-order valence-corrected chi connectivity index (χ4v) is 3.90. The van der Waals surface area contributed by atoms with Crippen LogP contribution in [-0.2, 0) is 6.42 Å². The van der Waals surface area contributed by atoms with Crippen LogP contribution in [0.5, 0.6) is 0 Å². The van der Waals surface area contributed by atoms with Crippen molar-refractivity contribution in [3.05, 3.63) is 39.8 Å². The molecule has 0 saturated carbocycles. The summed E-state index contributed by atoms with van der Waals surface area (Å²) in [5.74, 6) is 1.58. The van der Waals surface area contributed by atoms with Crippen LogP contribution in [0.25, 0.3) is 10.9 Å². The van der Waals surface area contributed by atoms with Crippen LogP contribution < -0.4 is 10.2 Å². The molecule has 136 valence electrons. The van der Waals surface area contributed by atoms with Crippen molar-refractivity contribution in [3.63, 3.8) is 0 Å². The molecule has 0 aromatic carbocycles. The summed E-state index contributed by atoms with van der Waals surface area (Å²) in [6.45, 7) is 4.70. The van der Waals surface area contributed by atoms with Gasteiger partial charge in [-0.1, -0.05) is 17.7 Å². The summed E-state index contributed by atoms with van der Waals surface area (Å²) in [4.78, 5) is 19.6. The van der Waals surface area contributed by atoms with Gasteiger partial charge in [0.1, 0.15) is 11.0 Å². The minimum atomic E-state index is 0.453. The van der Waals surface area contributed by atoms with Gasteiger partial charge in [-0.2, -0.15) is 4.98 Å². The number of fused-ring (bicyclic) bond motifs is 1. The van der Waals surface area contributed by atoms with Gasteiger partial charge in [-0.25, -0.2) is 9.97 Å². The molecule has 3 aromatic heterocycles. The second kappa shape index (κ2) is 7.73. The third-order valence-corrected chi connectivity index (χ3v) is 5.71. The Labute approximate surface area is 161 Å². The van der Waals surface area contributed by atoms with Crippen molar-refractivity contribution in [2.75, 3.05) is 50.0 Å². The number of aromatic nitrogens is 3. The molecular weight excluding hydrogens is 368 g/mol. The largest absolute Gasteiger partial charge is 0.369 e. The molecule has 1 N–H and O–H groups in total. The summed E-state index contributed by atoms with van der Waals surface area (Å²) in [6, 6.07) is 6.07. The van der Waals surface area contributed by atoms with E-state index in [0.717, 1.165) is 61.8 Å². The van der Waals surface area contributed by atoms with E-state index in [1.54, 1.807) is 17.5 Å². The molecule has 26 heavy (non-hydrogen) atoms. The highest BCUT2D eigenvalue weighted by Gasteiger charge is 2.18. The second-order valence-electron chi connectivity index (χ2n) is 6.44. The lowest BCUT2D eigenvalue weighted by Gasteiger charge is -2.32. The van der Waals surface area contributed by atoms with E-state index in [2.05, 4.69) is 44.7 Å². The maximum Gasteiger partial charge on any atom is 0.228 e. The molecule has 0 radical (unpaired) electrons. The molecule has 3 aromatic rings. The van der Waals surface area contributed by atoms with E-state index in [1.165, 1.54) is 4.88 Å². The zero-order chi connectivity index (χ0) is 17.9. The number of hydrogen-bond acceptors (Lipinski definition) is 7. The van der Waals surface area contributed by atoms with Crippen molar-refractivity contribution in [1.29, 1.82) is 0 Å². The average molecular weight is 389 g/mol. The standard InChI is InChI=1S/C18H21ClN6S/c1-24-6-8-25(9-7-24)18-22-15-12-21-16(19)11-14(15)17(23-18)20-5-4-13-3-2-10-26-13/h2-3,10-12H,4-9H2,1H3,(H,20,22,23). The number of hydrogen-bond donors (Lipinski definition) is 1. The van der Waals surface area contributed by atoms with Crippen LogP contribution in [0.4, 0.5) is 11.8 Å². The molecule has 0 atom stereocenters. The maximum absolute atomic E-state index is 6.10. The van der Waals surface area contributed by atoms with E-state index in [0.29, 0.717) is 5.15 Å². The van der Waals surface area contributed by atoms with Crippen molar-refractivity contribution in [3.8, 4) is 0 Å². The van der Waals surface area contributed by atoms with E-state index in [9.17, 15) is 0 Å². The van der Waals surface area contributed by atoms with Crippen LogP contribution >= 0.6 is 22.9 Å². The zero-order valence-electron chi connectivity index (χ0n) is 14.7. The predicted molar refractivity (Wildman–Crippen MR) is 109 cm³/mol. The first kappa shape index (κ1) is 17.5. The minimum Gasteiger partial charge on any atom is -0.369 e. The number of nitrogens with one attached hydrogen (secondary N) is 1. The SMILES string of the molecule is CN1CCN(c2nc(NCCc3cccs3)c3cc(Cl)ncc3n2)CC1. The molecule has 1 aliphatic rings. The van der Waals surface area contributed by atoms with E-state index in [1.807, 2.05) is 6.07 Å². The predicted octanol–water partition coefficient (Wildman–Crippen LogP) is 3.15. The number of pyridine rings is 1. The molecule has 0 aliphatic carbocycles. The molecule has 0 bridgehead atoms. The molecule has 0 unspecified atom stereocenters. The summed E-state index contributed by atoms with van der Waals surface area (Å²) in [5, 5.41) is 6.94. The topological polar surface area (TPSA) is 57.2 Å². The highest BCUT2D eigenvalue weighted by molar-refractivity contribution is 7.09. The average Bonchev–Trinajstić information content (AvgIpc) is 3.16. The zero-order valence-corrected chi connectivity index (χ0v) is 16.2. The molecular formula is C18H21ClN6S. The van der Waals surface area contributed by atoms with Crippen LogP contribution in [0.3, 0.4) is 0 Å². The van der Waals surface area contributed by atoms with E-state index in [4.69, 9.17) is 21.6 Å². The Morgan fingerprint density at radius 2 is 2.08 bits per heavy atom. The Kier molecular flexibility index (Phi) is 5.19. The number of halogens is 1. The Hall–Kier alpha value is -1.96. The monoisotopic (exact) mass is 388 g/mol. The van der Waals surface area contributed by atoms with Gasteiger partial charge in [0.05, 0.1) is 11.7 Å². The lowest BCUT2D eigenvalue weighted by molar-refractivity contribution is 0.311. The molecule has 0 spiro atoms. The fourth-order valence-electron chi connectivity index (χ4n) is 3.04. The van der Waals surface area contributed by atoms with Gasteiger partial charge in [-0.05, 0) is 31.0 Å². The van der Waals surface area contributed by atoms with Gasteiger partial charge in [0, 0.05) is 43.0 Å². The Morgan fingerprint density at radius 3 is 2.85 bits per heavy atom. The first-order valence-electron chi connectivity index (χ1n) is 8.72. The third-order valence-electron chi connectivity index (χ3n) is 4.57. The summed E-state index contributed by atoms with van der Waals surface area (Å²) in [6.07, 6.45) is 2.69. The minimum absolute atomic E-state index is 0.453. The van der Waals surface area contributed by atoms with Crippen LogP contribution in [0.15, 0.2) is 29.8 Å². The van der Waals surface area contributed by atoms with Gasteiger partial charge in [0.2, 0.25) is 5.95 Å². The third kappa shape index (κ3) is 3.90. The molecule has 4 rings (SSSR count). The van der Waals surface area contributed by atoms with E-state index < -0.39 is 0 Å². The first-order valence-corrected chi connectivity index (χ1v) is 9.98. The second-order valence-corrected chi connectivity index (χ2v) is 7.86. The highest BCUT2D eigenvalue weighted by atomic mass is 35.5. The van der Waals surface area contributed by atoms with Crippen LogP contribution in [0, 0.1) is 0 Å².